The Balaban J connectivity index is 2.04. The van der Waals surface area contributed by atoms with Crippen molar-refractivity contribution in [3.8, 4) is 0 Å². The van der Waals surface area contributed by atoms with Gasteiger partial charge in [-0.3, -0.25) is 24.7 Å². The Labute approximate surface area is 161 Å². The Morgan fingerprint density at radius 2 is 1.79 bits per heavy atom. The van der Waals surface area contributed by atoms with Crippen LogP contribution < -0.4 is 16.0 Å². The molecule has 0 atom stereocenters. The minimum absolute atomic E-state index is 0.139. The van der Waals surface area contributed by atoms with Crippen LogP contribution in [0.2, 0.25) is 0 Å². The van der Waals surface area contributed by atoms with Crippen LogP contribution in [0.3, 0.4) is 0 Å². The van der Waals surface area contributed by atoms with Gasteiger partial charge in [-0.15, -0.1) is 0 Å². The maximum atomic E-state index is 12.4. The third-order valence-electron chi connectivity index (χ3n) is 4.14. The highest BCUT2D eigenvalue weighted by Crippen LogP contribution is 2.18. The summed E-state index contributed by atoms with van der Waals surface area (Å²) in [5, 5.41) is 19.2. The molecule has 2 aromatic rings. The van der Waals surface area contributed by atoms with Crippen molar-refractivity contribution in [3.63, 3.8) is 0 Å². The van der Waals surface area contributed by atoms with E-state index in [4.69, 9.17) is 0 Å². The van der Waals surface area contributed by atoms with E-state index >= 15 is 0 Å². The molecule has 0 unspecified atom stereocenters. The molecule has 2 amide bonds. The first kappa shape index (κ1) is 20.7. The molecule has 0 radical (unpaired) electrons. The zero-order valence-corrected chi connectivity index (χ0v) is 16.1. The average Bonchev–Trinajstić information content (AvgIpc) is 3.21. The summed E-state index contributed by atoms with van der Waals surface area (Å²) in [6, 6.07) is 2.73. The number of carbonyl (C=O) groups excluding carboxylic acids is 2. The minimum atomic E-state index is -0.565. The molecule has 0 saturated carbocycles. The predicted molar refractivity (Wildman–Crippen MR) is 105 cm³/mol. The number of carbonyl (C=O) groups is 2. The van der Waals surface area contributed by atoms with Crippen molar-refractivity contribution in [2.45, 2.75) is 6.42 Å². The quantitative estimate of drug-likeness (QED) is 0.280. The number of aliphatic imine (C=N–C) groups is 1. The zero-order valence-electron chi connectivity index (χ0n) is 16.1. The molecule has 0 aromatic carbocycles. The SMILES string of the molecule is CN=C(CCNC(=O)c1cc(NC(=O)c2cc([N+](=O)[O-])cn2C)cn1C)NC. The van der Waals surface area contributed by atoms with Gasteiger partial charge < -0.3 is 25.1 Å². The van der Waals surface area contributed by atoms with Gasteiger partial charge >= 0.3 is 0 Å². The highest BCUT2D eigenvalue weighted by molar-refractivity contribution is 6.04. The topological polar surface area (TPSA) is 136 Å². The summed E-state index contributed by atoms with van der Waals surface area (Å²) in [6.07, 6.45) is 3.42. The van der Waals surface area contributed by atoms with Crippen LogP contribution in [0.25, 0.3) is 0 Å². The standard InChI is InChI=1S/C17H23N7O4/c1-18-15(19-2)5-6-20-16(25)13-7-11(9-22(13)3)21-17(26)14-8-12(24(27)28)10-23(14)4/h7-10H,5-6H2,1-4H3,(H,18,19)(H,20,25)(H,21,26). The largest absolute Gasteiger partial charge is 0.377 e. The van der Waals surface area contributed by atoms with Gasteiger partial charge in [0.15, 0.2) is 0 Å². The van der Waals surface area contributed by atoms with Crippen molar-refractivity contribution in [2.75, 3.05) is 26.0 Å². The second kappa shape index (κ2) is 8.84. The lowest BCUT2D eigenvalue weighted by molar-refractivity contribution is -0.384. The van der Waals surface area contributed by atoms with Crippen molar-refractivity contribution >= 4 is 29.0 Å². The first-order valence-corrected chi connectivity index (χ1v) is 8.47. The predicted octanol–water partition coefficient (Wildman–Crippen LogP) is 0.892. The molecular weight excluding hydrogens is 366 g/mol. The molecule has 2 rings (SSSR count). The van der Waals surface area contributed by atoms with Crippen LogP contribution in [0.5, 0.6) is 0 Å². The number of aromatic nitrogens is 2. The second-order valence-corrected chi connectivity index (χ2v) is 6.06. The van der Waals surface area contributed by atoms with Crippen LogP contribution in [0.15, 0.2) is 29.5 Å². The molecule has 11 heteroatoms. The number of nitrogens with one attached hydrogen (secondary N) is 3. The van der Waals surface area contributed by atoms with E-state index in [0.717, 1.165) is 5.84 Å². The number of amidine groups is 1. The van der Waals surface area contributed by atoms with Gasteiger partial charge in [0.1, 0.15) is 11.4 Å². The Kier molecular flexibility index (Phi) is 6.53. The molecule has 28 heavy (non-hydrogen) atoms. The van der Waals surface area contributed by atoms with Gasteiger partial charge in [-0.25, -0.2) is 0 Å². The number of nitrogens with zero attached hydrogens (tertiary/aromatic N) is 4. The fraction of sp³-hybridized carbons (Fsp3) is 0.353. The Morgan fingerprint density at radius 3 is 2.36 bits per heavy atom. The molecule has 0 aliphatic carbocycles. The molecule has 0 spiro atoms. The van der Waals surface area contributed by atoms with Gasteiger partial charge in [0, 0.05) is 53.4 Å². The van der Waals surface area contributed by atoms with Gasteiger partial charge in [-0.2, -0.15) is 0 Å². The van der Waals surface area contributed by atoms with Crippen LogP contribution in [0, 0.1) is 10.1 Å². The van der Waals surface area contributed by atoms with Gasteiger partial charge in [0.25, 0.3) is 17.5 Å². The first-order chi connectivity index (χ1) is 13.3. The smallest absolute Gasteiger partial charge is 0.287 e. The Bertz CT molecular complexity index is 926. The van der Waals surface area contributed by atoms with Gasteiger partial charge in [-0.05, 0) is 6.07 Å². The number of amides is 2. The third-order valence-corrected chi connectivity index (χ3v) is 4.14. The maximum Gasteiger partial charge on any atom is 0.287 e. The summed E-state index contributed by atoms with van der Waals surface area (Å²) in [5.41, 5.74) is 0.748. The molecule has 0 saturated heterocycles. The van der Waals surface area contributed by atoms with Crippen molar-refractivity contribution < 1.29 is 14.5 Å². The molecule has 150 valence electrons. The van der Waals surface area contributed by atoms with Crippen LogP contribution in [0.4, 0.5) is 11.4 Å². The fourth-order valence-electron chi connectivity index (χ4n) is 2.66. The summed E-state index contributed by atoms with van der Waals surface area (Å²) in [6.45, 7) is 0.409. The van der Waals surface area contributed by atoms with E-state index in [1.54, 1.807) is 39.0 Å². The molecule has 2 heterocycles. The molecule has 3 N–H and O–H groups in total. The molecule has 0 bridgehead atoms. The minimum Gasteiger partial charge on any atom is -0.377 e. The van der Waals surface area contributed by atoms with Crippen molar-refractivity contribution in [1.82, 2.24) is 19.8 Å². The van der Waals surface area contributed by atoms with Gasteiger partial charge in [-0.1, -0.05) is 0 Å². The van der Waals surface area contributed by atoms with E-state index < -0.39 is 10.8 Å². The summed E-state index contributed by atoms with van der Waals surface area (Å²) in [7, 11) is 6.66. The lowest BCUT2D eigenvalue weighted by Crippen LogP contribution is -2.30. The summed E-state index contributed by atoms with van der Waals surface area (Å²) >= 11 is 0. The Morgan fingerprint density at radius 1 is 1.14 bits per heavy atom. The van der Waals surface area contributed by atoms with E-state index in [-0.39, 0.29) is 17.3 Å². The van der Waals surface area contributed by atoms with E-state index in [0.29, 0.717) is 24.3 Å². The summed E-state index contributed by atoms with van der Waals surface area (Å²) in [5.74, 6) is -0.0215. The highest BCUT2D eigenvalue weighted by Gasteiger charge is 2.19. The molecule has 11 nitrogen and oxygen atoms in total. The maximum absolute atomic E-state index is 12.4. The van der Waals surface area contributed by atoms with E-state index in [1.807, 2.05) is 0 Å². The molecular formula is C17H23N7O4. The number of anilines is 1. The van der Waals surface area contributed by atoms with Crippen LogP contribution in [-0.2, 0) is 14.1 Å². The molecule has 2 aromatic heterocycles. The number of hydrogen-bond acceptors (Lipinski definition) is 5. The van der Waals surface area contributed by atoms with Crippen LogP contribution in [-0.4, -0.2) is 52.3 Å². The van der Waals surface area contributed by atoms with Crippen molar-refractivity contribution in [1.29, 1.82) is 0 Å². The average molecular weight is 389 g/mol. The molecule has 0 aliphatic heterocycles. The van der Waals surface area contributed by atoms with Crippen LogP contribution >= 0.6 is 0 Å². The van der Waals surface area contributed by atoms with Gasteiger partial charge in [0.05, 0.1) is 22.6 Å². The van der Waals surface area contributed by atoms with Crippen molar-refractivity contribution in [2.24, 2.45) is 19.1 Å². The lowest BCUT2D eigenvalue weighted by Gasteiger charge is -2.07. The van der Waals surface area contributed by atoms with E-state index in [2.05, 4.69) is 20.9 Å². The normalized spacial score (nSPS) is 11.2. The lowest BCUT2D eigenvalue weighted by atomic mass is 10.3. The zero-order chi connectivity index (χ0) is 20.8. The third kappa shape index (κ3) is 4.75. The number of nitro groups is 1. The fourth-order valence-corrected chi connectivity index (χ4v) is 2.66. The Hall–Kier alpha value is -3.63. The van der Waals surface area contributed by atoms with Crippen molar-refractivity contribution in [3.05, 3.63) is 46.0 Å². The second-order valence-electron chi connectivity index (χ2n) is 6.06. The molecule has 0 aliphatic rings. The number of aryl methyl sites for hydroxylation is 2. The highest BCUT2D eigenvalue weighted by atomic mass is 16.6. The number of hydrogen-bond donors (Lipinski definition) is 3. The summed E-state index contributed by atoms with van der Waals surface area (Å²) in [4.78, 5) is 39.0. The number of rotatable bonds is 7. The van der Waals surface area contributed by atoms with E-state index in [1.165, 1.54) is 22.9 Å². The monoisotopic (exact) mass is 389 g/mol. The first-order valence-electron chi connectivity index (χ1n) is 8.47. The van der Waals surface area contributed by atoms with Crippen LogP contribution in [0.1, 0.15) is 27.4 Å². The van der Waals surface area contributed by atoms with Gasteiger partial charge in [0.2, 0.25) is 0 Å². The van der Waals surface area contributed by atoms with E-state index in [9.17, 15) is 19.7 Å². The summed E-state index contributed by atoms with van der Waals surface area (Å²) < 4.78 is 2.96. The molecule has 0 fully saturated rings.